The second kappa shape index (κ2) is 6.72. The van der Waals surface area contributed by atoms with Crippen molar-refractivity contribution in [1.29, 1.82) is 5.26 Å². The summed E-state index contributed by atoms with van der Waals surface area (Å²) >= 11 is 0. The van der Waals surface area contributed by atoms with Crippen molar-refractivity contribution in [3.8, 4) is 6.07 Å². The van der Waals surface area contributed by atoms with E-state index in [1.807, 2.05) is 33.0 Å². The molecule has 0 fully saturated rings. The summed E-state index contributed by atoms with van der Waals surface area (Å²) in [6, 6.07) is 8.48. The number of aryl methyl sites for hydroxylation is 1. The maximum atomic E-state index is 12.0. The maximum Gasteiger partial charge on any atom is 0.315 e. The molecule has 0 bridgehead atoms. The predicted octanol–water partition coefficient (Wildman–Crippen LogP) is 1.81. The first-order valence-corrected chi connectivity index (χ1v) is 6.92. The van der Waals surface area contributed by atoms with Crippen LogP contribution in [0.2, 0.25) is 0 Å². The second-order valence-corrected chi connectivity index (χ2v) is 5.10. The SMILES string of the molecule is C[C@H](NC(=O)N[C@@H](C)c1nncn1C)c1ccc(C#N)cc1. The molecule has 22 heavy (non-hydrogen) atoms. The molecule has 2 amide bonds. The van der Waals surface area contributed by atoms with E-state index in [1.165, 1.54) is 0 Å². The van der Waals surface area contributed by atoms with Crippen LogP contribution in [0.1, 0.15) is 42.9 Å². The van der Waals surface area contributed by atoms with Crippen LogP contribution in [-0.4, -0.2) is 20.8 Å². The molecular weight excluding hydrogens is 280 g/mol. The number of aromatic nitrogens is 3. The number of carbonyl (C=O) groups is 1. The molecule has 2 atom stereocenters. The van der Waals surface area contributed by atoms with Crippen LogP contribution < -0.4 is 10.6 Å². The highest BCUT2D eigenvalue weighted by Gasteiger charge is 2.16. The van der Waals surface area contributed by atoms with Crippen molar-refractivity contribution in [1.82, 2.24) is 25.4 Å². The highest BCUT2D eigenvalue weighted by atomic mass is 16.2. The zero-order valence-electron chi connectivity index (χ0n) is 12.7. The quantitative estimate of drug-likeness (QED) is 0.899. The van der Waals surface area contributed by atoms with Gasteiger partial charge in [0.2, 0.25) is 0 Å². The predicted molar refractivity (Wildman–Crippen MR) is 80.7 cm³/mol. The Morgan fingerprint density at radius 1 is 1.23 bits per heavy atom. The zero-order chi connectivity index (χ0) is 16.1. The number of hydrogen-bond acceptors (Lipinski definition) is 4. The summed E-state index contributed by atoms with van der Waals surface area (Å²) in [6.45, 7) is 3.73. The molecule has 114 valence electrons. The first-order valence-electron chi connectivity index (χ1n) is 6.92. The Bertz CT molecular complexity index is 685. The average Bonchev–Trinajstić information content (AvgIpc) is 2.93. The van der Waals surface area contributed by atoms with Crippen LogP contribution >= 0.6 is 0 Å². The van der Waals surface area contributed by atoms with Crippen LogP contribution in [0.4, 0.5) is 4.79 Å². The molecule has 0 aliphatic heterocycles. The van der Waals surface area contributed by atoms with E-state index in [0.717, 1.165) is 5.56 Å². The van der Waals surface area contributed by atoms with Crippen LogP contribution in [0, 0.1) is 11.3 Å². The van der Waals surface area contributed by atoms with Gasteiger partial charge in [-0.1, -0.05) is 12.1 Å². The lowest BCUT2D eigenvalue weighted by Crippen LogP contribution is -2.39. The van der Waals surface area contributed by atoms with E-state index in [0.29, 0.717) is 11.4 Å². The van der Waals surface area contributed by atoms with Crippen LogP contribution in [0.15, 0.2) is 30.6 Å². The summed E-state index contributed by atoms with van der Waals surface area (Å²) in [5.41, 5.74) is 1.52. The Kier molecular flexibility index (Phi) is 4.73. The zero-order valence-corrected chi connectivity index (χ0v) is 12.7. The topological polar surface area (TPSA) is 95.6 Å². The Labute approximate surface area is 129 Å². The molecule has 1 aromatic carbocycles. The highest BCUT2D eigenvalue weighted by molar-refractivity contribution is 5.74. The highest BCUT2D eigenvalue weighted by Crippen LogP contribution is 2.13. The van der Waals surface area contributed by atoms with Gasteiger partial charge in [-0.2, -0.15) is 5.26 Å². The molecule has 1 heterocycles. The number of benzene rings is 1. The van der Waals surface area contributed by atoms with Crippen molar-refractivity contribution >= 4 is 6.03 Å². The van der Waals surface area contributed by atoms with E-state index in [-0.39, 0.29) is 18.1 Å². The third-order valence-electron chi connectivity index (χ3n) is 3.37. The minimum atomic E-state index is -0.285. The van der Waals surface area contributed by atoms with Gasteiger partial charge in [0.15, 0.2) is 5.82 Å². The molecular formula is C15H18N6O. The van der Waals surface area contributed by atoms with E-state index in [1.54, 1.807) is 23.0 Å². The van der Waals surface area contributed by atoms with E-state index in [4.69, 9.17) is 5.26 Å². The molecule has 0 aliphatic rings. The fraction of sp³-hybridized carbons (Fsp3) is 0.333. The molecule has 0 saturated heterocycles. The Morgan fingerprint density at radius 3 is 2.41 bits per heavy atom. The van der Waals surface area contributed by atoms with Crippen LogP contribution in [-0.2, 0) is 7.05 Å². The summed E-state index contributed by atoms with van der Waals surface area (Å²) in [7, 11) is 1.82. The molecule has 2 N–H and O–H groups in total. The van der Waals surface area contributed by atoms with E-state index < -0.39 is 0 Å². The van der Waals surface area contributed by atoms with Gasteiger partial charge in [-0.25, -0.2) is 4.79 Å². The first-order chi connectivity index (χ1) is 10.5. The number of amides is 2. The normalized spacial score (nSPS) is 13.0. The third-order valence-corrected chi connectivity index (χ3v) is 3.37. The molecule has 0 saturated carbocycles. The second-order valence-electron chi connectivity index (χ2n) is 5.10. The van der Waals surface area contributed by atoms with Gasteiger partial charge in [0, 0.05) is 7.05 Å². The van der Waals surface area contributed by atoms with Gasteiger partial charge in [-0.3, -0.25) is 0 Å². The van der Waals surface area contributed by atoms with E-state index >= 15 is 0 Å². The number of nitrogens with zero attached hydrogens (tertiary/aromatic N) is 4. The number of nitriles is 1. The lowest BCUT2D eigenvalue weighted by molar-refractivity contribution is 0.234. The molecule has 2 aromatic rings. The summed E-state index contributed by atoms with van der Waals surface area (Å²) in [4.78, 5) is 12.0. The van der Waals surface area contributed by atoms with Gasteiger partial charge >= 0.3 is 6.03 Å². The number of rotatable bonds is 4. The van der Waals surface area contributed by atoms with Crippen LogP contribution in [0.5, 0.6) is 0 Å². The van der Waals surface area contributed by atoms with Gasteiger partial charge in [0.1, 0.15) is 6.33 Å². The van der Waals surface area contributed by atoms with Crippen molar-refractivity contribution in [3.05, 3.63) is 47.5 Å². The van der Waals surface area contributed by atoms with E-state index in [2.05, 4.69) is 26.9 Å². The number of nitrogens with one attached hydrogen (secondary N) is 2. The van der Waals surface area contributed by atoms with Crippen molar-refractivity contribution in [3.63, 3.8) is 0 Å². The Hall–Kier alpha value is -2.88. The molecule has 0 aliphatic carbocycles. The van der Waals surface area contributed by atoms with E-state index in [9.17, 15) is 4.79 Å². The maximum absolute atomic E-state index is 12.0. The Morgan fingerprint density at radius 2 is 1.86 bits per heavy atom. The summed E-state index contributed by atoms with van der Waals surface area (Å²) in [6.07, 6.45) is 1.59. The summed E-state index contributed by atoms with van der Waals surface area (Å²) in [5.74, 6) is 0.682. The molecule has 7 nitrogen and oxygen atoms in total. The van der Waals surface area contributed by atoms with Crippen molar-refractivity contribution in [2.24, 2.45) is 7.05 Å². The number of urea groups is 1. The van der Waals surface area contributed by atoms with Crippen LogP contribution in [0.25, 0.3) is 0 Å². The fourth-order valence-electron chi connectivity index (χ4n) is 2.11. The first kappa shape index (κ1) is 15.5. The molecule has 1 aromatic heterocycles. The molecule has 7 heteroatoms. The molecule has 2 rings (SSSR count). The fourth-order valence-corrected chi connectivity index (χ4v) is 2.11. The lowest BCUT2D eigenvalue weighted by Gasteiger charge is -2.18. The smallest absolute Gasteiger partial charge is 0.315 e. The minimum Gasteiger partial charge on any atom is -0.332 e. The molecule has 0 unspecified atom stereocenters. The lowest BCUT2D eigenvalue weighted by atomic mass is 10.1. The van der Waals surface area contributed by atoms with Crippen molar-refractivity contribution in [2.75, 3.05) is 0 Å². The summed E-state index contributed by atoms with van der Waals surface area (Å²) in [5, 5.41) is 22.2. The van der Waals surface area contributed by atoms with Gasteiger partial charge in [0.05, 0.1) is 23.7 Å². The van der Waals surface area contributed by atoms with Gasteiger partial charge < -0.3 is 15.2 Å². The largest absolute Gasteiger partial charge is 0.332 e. The standard InChI is InChI=1S/C15H18N6O/c1-10(13-6-4-12(8-16)5-7-13)18-15(22)19-11(2)14-20-17-9-21(14)3/h4-7,9-11H,1-3H3,(H2,18,19,22)/t10-,11-/m0/s1. The third kappa shape index (κ3) is 3.61. The Balaban J connectivity index is 1.93. The summed E-state index contributed by atoms with van der Waals surface area (Å²) < 4.78 is 1.76. The molecule has 0 radical (unpaired) electrons. The molecule has 0 spiro atoms. The number of carbonyl (C=O) groups excluding carboxylic acids is 1. The average molecular weight is 298 g/mol. The van der Waals surface area contributed by atoms with Crippen molar-refractivity contribution < 1.29 is 4.79 Å². The minimum absolute atomic E-state index is 0.167. The van der Waals surface area contributed by atoms with Gasteiger partial charge in [-0.15, -0.1) is 10.2 Å². The van der Waals surface area contributed by atoms with Gasteiger partial charge in [-0.05, 0) is 31.5 Å². The van der Waals surface area contributed by atoms with Crippen LogP contribution in [0.3, 0.4) is 0 Å². The number of hydrogen-bond donors (Lipinski definition) is 2. The van der Waals surface area contributed by atoms with Gasteiger partial charge in [0.25, 0.3) is 0 Å². The monoisotopic (exact) mass is 298 g/mol. The van der Waals surface area contributed by atoms with Crippen molar-refractivity contribution in [2.45, 2.75) is 25.9 Å².